The van der Waals surface area contributed by atoms with Gasteiger partial charge in [-0.3, -0.25) is 4.31 Å². The van der Waals surface area contributed by atoms with Crippen molar-refractivity contribution in [1.82, 2.24) is 0 Å². The van der Waals surface area contributed by atoms with E-state index in [1.54, 1.807) is 6.07 Å². The Labute approximate surface area is 102 Å². The van der Waals surface area contributed by atoms with Crippen molar-refractivity contribution in [1.29, 1.82) is 0 Å². The Hall–Kier alpha value is -0.260. The molecule has 0 aromatic heterocycles. The molecule has 0 radical (unpaired) electrons. The summed E-state index contributed by atoms with van der Waals surface area (Å²) in [6.07, 6.45) is 1.92. The average molecular weight is 311 g/mol. The zero-order chi connectivity index (χ0) is 11.2. The fourth-order valence-electron chi connectivity index (χ4n) is 1.75. The topological polar surface area (TPSA) is 37.4 Å². The number of fused-ring (bicyclic) bond motifs is 1. The standard InChI is InChI=1S/C9H9BrClNO2S/c1-15(13,14)12-3-2-6-4-7(11)5-8(10)9(6)12/h4-5H,2-3H2,1H3. The van der Waals surface area contributed by atoms with Crippen molar-refractivity contribution < 1.29 is 8.42 Å². The van der Waals surface area contributed by atoms with Gasteiger partial charge in [0.1, 0.15) is 0 Å². The van der Waals surface area contributed by atoms with Gasteiger partial charge >= 0.3 is 0 Å². The van der Waals surface area contributed by atoms with E-state index in [1.165, 1.54) is 10.6 Å². The van der Waals surface area contributed by atoms with Crippen molar-refractivity contribution in [2.24, 2.45) is 0 Å². The molecule has 1 aliphatic heterocycles. The quantitative estimate of drug-likeness (QED) is 0.799. The highest BCUT2D eigenvalue weighted by atomic mass is 79.9. The first-order chi connectivity index (χ1) is 6.89. The number of rotatable bonds is 1. The summed E-state index contributed by atoms with van der Waals surface area (Å²) < 4.78 is 25.1. The average Bonchev–Trinajstić information content (AvgIpc) is 2.45. The maximum atomic E-state index is 11.5. The summed E-state index contributed by atoms with van der Waals surface area (Å²) in [5.74, 6) is 0. The minimum atomic E-state index is -3.19. The van der Waals surface area contributed by atoms with Crippen LogP contribution in [0.5, 0.6) is 0 Å². The summed E-state index contributed by atoms with van der Waals surface area (Å²) in [7, 11) is -3.19. The molecule has 0 amide bonds. The van der Waals surface area contributed by atoms with Gasteiger partial charge in [0.2, 0.25) is 10.0 Å². The molecule has 0 aliphatic carbocycles. The third-order valence-corrected chi connectivity index (χ3v) is 4.33. The smallest absolute Gasteiger partial charge is 0.232 e. The summed E-state index contributed by atoms with van der Waals surface area (Å²) >= 11 is 9.23. The first-order valence-corrected chi connectivity index (χ1v) is 7.37. The Balaban J connectivity index is 2.61. The van der Waals surface area contributed by atoms with Crippen LogP contribution in [-0.2, 0) is 16.4 Å². The normalized spacial score (nSPS) is 15.5. The Kier molecular flexibility index (Phi) is 2.73. The third kappa shape index (κ3) is 2.00. The summed E-state index contributed by atoms with van der Waals surface area (Å²) in [4.78, 5) is 0. The summed E-state index contributed by atoms with van der Waals surface area (Å²) in [5, 5.41) is 0.621. The minimum absolute atomic E-state index is 0.493. The number of nitrogens with zero attached hydrogens (tertiary/aromatic N) is 1. The van der Waals surface area contributed by atoms with Gasteiger partial charge in [-0.05, 0) is 40.0 Å². The van der Waals surface area contributed by atoms with Crippen molar-refractivity contribution in [3.05, 3.63) is 27.2 Å². The van der Waals surface area contributed by atoms with Crippen LogP contribution in [-0.4, -0.2) is 21.2 Å². The van der Waals surface area contributed by atoms with E-state index in [0.717, 1.165) is 15.7 Å². The molecule has 0 saturated heterocycles. The van der Waals surface area contributed by atoms with Crippen molar-refractivity contribution in [2.75, 3.05) is 17.1 Å². The minimum Gasteiger partial charge on any atom is -0.269 e. The van der Waals surface area contributed by atoms with Crippen LogP contribution < -0.4 is 4.31 Å². The molecule has 0 saturated carbocycles. The van der Waals surface area contributed by atoms with E-state index in [-0.39, 0.29) is 0 Å². The lowest BCUT2D eigenvalue weighted by molar-refractivity contribution is 0.598. The van der Waals surface area contributed by atoms with Crippen LogP contribution >= 0.6 is 27.5 Å². The molecule has 0 unspecified atom stereocenters. The monoisotopic (exact) mass is 309 g/mol. The molecule has 6 heteroatoms. The molecule has 1 aromatic rings. The molecular formula is C9H9BrClNO2S. The molecule has 0 spiro atoms. The Morgan fingerprint density at radius 2 is 2.13 bits per heavy atom. The van der Waals surface area contributed by atoms with Gasteiger partial charge in [0.25, 0.3) is 0 Å². The number of hydrogen-bond donors (Lipinski definition) is 0. The Bertz CT molecular complexity index is 515. The van der Waals surface area contributed by atoms with Gasteiger partial charge in [-0.1, -0.05) is 11.6 Å². The van der Waals surface area contributed by atoms with Crippen LogP contribution in [0.2, 0.25) is 5.02 Å². The molecule has 0 bridgehead atoms. The molecule has 1 aromatic carbocycles. The number of anilines is 1. The lowest BCUT2D eigenvalue weighted by Crippen LogP contribution is -2.27. The van der Waals surface area contributed by atoms with E-state index in [1.807, 2.05) is 6.07 Å². The fraction of sp³-hybridized carbons (Fsp3) is 0.333. The molecule has 0 fully saturated rings. The molecular weight excluding hydrogens is 302 g/mol. The molecule has 2 rings (SSSR count). The molecule has 3 nitrogen and oxygen atoms in total. The Morgan fingerprint density at radius 3 is 2.73 bits per heavy atom. The van der Waals surface area contributed by atoms with E-state index in [0.29, 0.717) is 18.0 Å². The molecule has 0 atom stereocenters. The fourth-order valence-corrected chi connectivity index (χ4v) is 3.93. The van der Waals surface area contributed by atoms with E-state index in [2.05, 4.69) is 15.9 Å². The van der Waals surface area contributed by atoms with Crippen LogP contribution in [0.15, 0.2) is 16.6 Å². The SMILES string of the molecule is CS(=O)(=O)N1CCc2cc(Cl)cc(Br)c21. The third-order valence-electron chi connectivity index (χ3n) is 2.34. The predicted octanol–water partition coefficient (Wildman–Crippen LogP) is 2.42. The zero-order valence-corrected chi connectivity index (χ0v) is 11.2. The number of hydrogen-bond acceptors (Lipinski definition) is 2. The van der Waals surface area contributed by atoms with Gasteiger partial charge < -0.3 is 0 Å². The van der Waals surface area contributed by atoms with Crippen LogP contribution in [0, 0.1) is 0 Å². The zero-order valence-electron chi connectivity index (χ0n) is 8.00. The van der Waals surface area contributed by atoms with Crippen LogP contribution in [0.3, 0.4) is 0 Å². The summed E-state index contributed by atoms with van der Waals surface area (Å²) in [6, 6.07) is 3.52. The highest BCUT2D eigenvalue weighted by Gasteiger charge is 2.28. The molecule has 0 N–H and O–H groups in total. The first kappa shape index (κ1) is 11.2. The maximum Gasteiger partial charge on any atom is 0.232 e. The van der Waals surface area contributed by atoms with Gasteiger partial charge in [-0.15, -0.1) is 0 Å². The lowest BCUT2D eigenvalue weighted by atomic mass is 10.2. The highest BCUT2D eigenvalue weighted by molar-refractivity contribution is 9.10. The van der Waals surface area contributed by atoms with Crippen molar-refractivity contribution in [3.8, 4) is 0 Å². The number of benzene rings is 1. The summed E-state index contributed by atoms with van der Waals surface area (Å²) in [6.45, 7) is 0.493. The molecule has 82 valence electrons. The predicted molar refractivity (Wildman–Crippen MR) is 65.0 cm³/mol. The van der Waals surface area contributed by atoms with Gasteiger partial charge in [-0.25, -0.2) is 8.42 Å². The second-order valence-corrected chi connectivity index (χ2v) is 6.68. The largest absolute Gasteiger partial charge is 0.269 e. The Morgan fingerprint density at radius 1 is 1.47 bits per heavy atom. The molecule has 1 aliphatic rings. The maximum absolute atomic E-state index is 11.5. The molecule has 15 heavy (non-hydrogen) atoms. The van der Waals surface area contributed by atoms with Gasteiger partial charge in [0.05, 0.1) is 11.9 Å². The van der Waals surface area contributed by atoms with Crippen LogP contribution in [0.25, 0.3) is 0 Å². The van der Waals surface area contributed by atoms with Crippen molar-refractivity contribution in [3.63, 3.8) is 0 Å². The first-order valence-electron chi connectivity index (χ1n) is 4.35. The van der Waals surface area contributed by atoms with Gasteiger partial charge in [0.15, 0.2) is 0 Å². The van der Waals surface area contributed by atoms with E-state index in [4.69, 9.17) is 11.6 Å². The van der Waals surface area contributed by atoms with Crippen LogP contribution in [0.4, 0.5) is 5.69 Å². The van der Waals surface area contributed by atoms with Crippen molar-refractivity contribution in [2.45, 2.75) is 6.42 Å². The van der Waals surface area contributed by atoms with E-state index < -0.39 is 10.0 Å². The number of sulfonamides is 1. The second-order valence-electron chi connectivity index (χ2n) is 3.48. The van der Waals surface area contributed by atoms with Gasteiger partial charge in [-0.2, -0.15) is 0 Å². The van der Waals surface area contributed by atoms with Crippen LogP contribution in [0.1, 0.15) is 5.56 Å². The highest BCUT2D eigenvalue weighted by Crippen LogP contribution is 2.38. The molecule has 1 heterocycles. The second kappa shape index (κ2) is 3.64. The van der Waals surface area contributed by atoms with E-state index >= 15 is 0 Å². The summed E-state index contributed by atoms with van der Waals surface area (Å²) in [5.41, 5.74) is 1.70. The van der Waals surface area contributed by atoms with Crippen molar-refractivity contribution >= 4 is 43.2 Å². The van der Waals surface area contributed by atoms with Gasteiger partial charge in [0, 0.05) is 16.0 Å². The van der Waals surface area contributed by atoms with E-state index in [9.17, 15) is 8.42 Å². The number of halogens is 2. The lowest BCUT2D eigenvalue weighted by Gasteiger charge is -2.17.